The van der Waals surface area contributed by atoms with E-state index >= 15 is 0 Å². The number of carbonyl (C=O) groups excluding carboxylic acids is 2. The fourth-order valence-corrected chi connectivity index (χ4v) is 1.38. The topological polar surface area (TPSA) is 64.6 Å². The molecule has 0 heterocycles. The van der Waals surface area contributed by atoms with Gasteiger partial charge in [-0.1, -0.05) is 36.9 Å². The molecular formula is C15H19NO4. The third kappa shape index (κ3) is 6.58. The molecule has 0 saturated heterocycles. The van der Waals surface area contributed by atoms with Crippen LogP contribution >= 0.6 is 0 Å². The average Bonchev–Trinajstić information content (AvgIpc) is 2.44. The molecule has 20 heavy (non-hydrogen) atoms. The molecule has 0 aliphatic heterocycles. The Morgan fingerprint density at radius 1 is 1.15 bits per heavy atom. The summed E-state index contributed by atoms with van der Waals surface area (Å²) in [5, 5.41) is 2.50. The predicted octanol–water partition coefficient (Wildman–Crippen LogP) is 2.07. The standard InChI is InChI=1S/C15H19NO4/c1-12(2)14(17)19-11-9-16-15(18)20-10-8-13-6-4-3-5-7-13/h3-7H,1,8-11H2,2H3,(H,16,18). The summed E-state index contributed by atoms with van der Waals surface area (Å²) < 4.78 is 9.81. The number of ether oxygens (including phenoxy) is 2. The van der Waals surface area contributed by atoms with Gasteiger partial charge in [0.15, 0.2) is 0 Å². The Morgan fingerprint density at radius 2 is 1.85 bits per heavy atom. The molecule has 1 amide bonds. The van der Waals surface area contributed by atoms with Gasteiger partial charge in [0, 0.05) is 12.0 Å². The average molecular weight is 277 g/mol. The molecule has 0 bridgehead atoms. The highest BCUT2D eigenvalue weighted by Gasteiger charge is 2.04. The number of amides is 1. The zero-order valence-electron chi connectivity index (χ0n) is 11.6. The van der Waals surface area contributed by atoms with Crippen LogP contribution < -0.4 is 5.32 Å². The third-order valence-electron chi connectivity index (χ3n) is 2.42. The van der Waals surface area contributed by atoms with Gasteiger partial charge in [-0.05, 0) is 12.5 Å². The lowest BCUT2D eigenvalue weighted by Crippen LogP contribution is -2.29. The number of nitrogens with one attached hydrogen (secondary N) is 1. The van der Waals surface area contributed by atoms with Crippen molar-refractivity contribution in [3.05, 3.63) is 48.0 Å². The van der Waals surface area contributed by atoms with Crippen LogP contribution in [-0.4, -0.2) is 31.8 Å². The summed E-state index contributed by atoms with van der Waals surface area (Å²) in [7, 11) is 0. The molecular weight excluding hydrogens is 258 g/mol. The molecule has 0 spiro atoms. The third-order valence-corrected chi connectivity index (χ3v) is 2.42. The quantitative estimate of drug-likeness (QED) is 0.471. The van der Waals surface area contributed by atoms with E-state index in [4.69, 9.17) is 9.47 Å². The summed E-state index contributed by atoms with van der Waals surface area (Å²) >= 11 is 0. The zero-order valence-corrected chi connectivity index (χ0v) is 11.6. The first kappa shape index (κ1) is 15.8. The van der Waals surface area contributed by atoms with Crippen molar-refractivity contribution < 1.29 is 19.1 Å². The van der Waals surface area contributed by atoms with Crippen molar-refractivity contribution in [1.82, 2.24) is 5.32 Å². The second kappa shape index (κ2) is 8.74. The van der Waals surface area contributed by atoms with Crippen LogP contribution in [0, 0.1) is 0 Å². The Kier molecular flexibility index (Phi) is 6.89. The number of esters is 1. The molecule has 108 valence electrons. The van der Waals surface area contributed by atoms with Gasteiger partial charge < -0.3 is 14.8 Å². The highest BCUT2D eigenvalue weighted by molar-refractivity contribution is 5.86. The fourth-order valence-electron chi connectivity index (χ4n) is 1.38. The van der Waals surface area contributed by atoms with Crippen LogP contribution in [0.3, 0.4) is 0 Å². The summed E-state index contributed by atoms with van der Waals surface area (Å²) in [5.41, 5.74) is 1.44. The second-order valence-corrected chi connectivity index (χ2v) is 4.21. The molecule has 0 unspecified atom stereocenters. The smallest absolute Gasteiger partial charge is 0.407 e. The molecule has 0 radical (unpaired) electrons. The molecule has 0 saturated carbocycles. The Bertz CT molecular complexity index is 456. The minimum Gasteiger partial charge on any atom is -0.460 e. The van der Waals surface area contributed by atoms with E-state index in [-0.39, 0.29) is 13.2 Å². The SMILES string of the molecule is C=C(C)C(=O)OCCNC(=O)OCCc1ccccc1. The molecule has 0 aliphatic carbocycles. The number of carbonyl (C=O) groups is 2. The maximum Gasteiger partial charge on any atom is 0.407 e. The predicted molar refractivity (Wildman–Crippen MR) is 75.3 cm³/mol. The molecule has 1 rings (SSSR count). The highest BCUT2D eigenvalue weighted by Crippen LogP contribution is 1.99. The summed E-state index contributed by atoms with van der Waals surface area (Å²) in [6.45, 7) is 5.63. The van der Waals surface area contributed by atoms with Crippen LogP contribution in [0.15, 0.2) is 42.5 Å². The molecule has 0 fully saturated rings. The first-order chi connectivity index (χ1) is 9.59. The molecule has 0 aromatic heterocycles. The van der Waals surface area contributed by atoms with E-state index in [9.17, 15) is 9.59 Å². The minimum absolute atomic E-state index is 0.0967. The van der Waals surface area contributed by atoms with Crippen molar-refractivity contribution in [3.8, 4) is 0 Å². The fraction of sp³-hybridized carbons (Fsp3) is 0.333. The maximum absolute atomic E-state index is 11.3. The van der Waals surface area contributed by atoms with Crippen molar-refractivity contribution in [2.45, 2.75) is 13.3 Å². The molecule has 0 atom stereocenters. The maximum atomic E-state index is 11.3. The summed E-state index contributed by atoms with van der Waals surface area (Å²) in [6, 6.07) is 9.75. The monoisotopic (exact) mass is 277 g/mol. The van der Waals surface area contributed by atoms with E-state index in [0.29, 0.717) is 18.6 Å². The molecule has 1 N–H and O–H groups in total. The normalized spacial score (nSPS) is 9.65. The Morgan fingerprint density at radius 3 is 2.50 bits per heavy atom. The van der Waals surface area contributed by atoms with Crippen molar-refractivity contribution in [2.75, 3.05) is 19.8 Å². The van der Waals surface area contributed by atoms with Gasteiger partial charge in [-0.15, -0.1) is 0 Å². The first-order valence-corrected chi connectivity index (χ1v) is 6.37. The van der Waals surface area contributed by atoms with Crippen LogP contribution in [0.1, 0.15) is 12.5 Å². The zero-order chi connectivity index (χ0) is 14.8. The van der Waals surface area contributed by atoms with Crippen LogP contribution in [0.2, 0.25) is 0 Å². The van der Waals surface area contributed by atoms with E-state index in [1.54, 1.807) is 6.92 Å². The van der Waals surface area contributed by atoms with Crippen molar-refractivity contribution in [1.29, 1.82) is 0 Å². The van der Waals surface area contributed by atoms with Crippen LogP contribution in [0.4, 0.5) is 4.79 Å². The first-order valence-electron chi connectivity index (χ1n) is 6.37. The lowest BCUT2D eigenvalue weighted by Gasteiger charge is -2.07. The highest BCUT2D eigenvalue weighted by atomic mass is 16.6. The molecule has 0 aliphatic rings. The van der Waals surface area contributed by atoms with Gasteiger partial charge in [0.25, 0.3) is 0 Å². The van der Waals surface area contributed by atoms with Gasteiger partial charge in [-0.3, -0.25) is 0 Å². The van der Waals surface area contributed by atoms with Crippen molar-refractivity contribution in [3.63, 3.8) is 0 Å². The van der Waals surface area contributed by atoms with Crippen molar-refractivity contribution >= 4 is 12.1 Å². The largest absolute Gasteiger partial charge is 0.460 e. The number of alkyl carbamates (subject to hydrolysis) is 1. The second-order valence-electron chi connectivity index (χ2n) is 4.21. The molecule has 5 nitrogen and oxygen atoms in total. The lowest BCUT2D eigenvalue weighted by atomic mass is 10.2. The van der Waals surface area contributed by atoms with Gasteiger partial charge in [-0.2, -0.15) is 0 Å². The van der Waals surface area contributed by atoms with Gasteiger partial charge in [0.05, 0.1) is 13.2 Å². The van der Waals surface area contributed by atoms with E-state index in [0.717, 1.165) is 5.56 Å². The van der Waals surface area contributed by atoms with Gasteiger partial charge >= 0.3 is 12.1 Å². The lowest BCUT2D eigenvalue weighted by molar-refractivity contribution is -0.138. The molecule has 1 aromatic rings. The number of benzene rings is 1. The van der Waals surface area contributed by atoms with Gasteiger partial charge in [-0.25, -0.2) is 9.59 Å². The van der Waals surface area contributed by atoms with E-state index in [1.165, 1.54) is 0 Å². The van der Waals surface area contributed by atoms with Crippen LogP contribution in [0.25, 0.3) is 0 Å². The Balaban J connectivity index is 2.06. The summed E-state index contributed by atoms with van der Waals surface area (Å²) in [6.07, 6.45) is 0.145. The number of rotatable bonds is 7. The Labute approximate surface area is 118 Å². The minimum atomic E-state index is -0.521. The van der Waals surface area contributed by atoms with E-state index in [1.807, 2.05) is 30.3 Å². The molecule has 5 heteroatoms. The number of hydrogen-bond acceptors (Lipinski definition) is 4. The van der Waals surface area contributed by atoms with Crippen LogP contribution in [0.5, 0.6) is 0 Å². The van der Waals surface area contributed by atoms with Gasteiger partial charge in [0.1, 0.15) is 6.61 Å². The summed E-state index contributed by atoms with van der Waals surface area (Å²) in [4.78, 5) is 22.4. The van der Waals surface area contributed by atoms with E-state index in [2.05, 4.69) is 11.9 Å². The number of hydrogen-bond donors (Lipinski definition) is 1. The summed E-state index contributed by atoms with van der Waals surface area (Å²) in [5.74, 6) is -0.468. The van der Waals surface area contributed by atoms with E-state index < -0.39 is 12.1 Å². The molecule has 1 aromatic carbocycles. The van der Waals surface area contributed by atoms with Gasteiger partial charge in [0.2, 0.25) is 0 Å². The Hall–Kier alpha value is -2.30. The van der Waals surface area contributed by atoms with Crippen molar-refractivity contribution in [2.24, 2.45) is 0 Å². The van der Waals surface area contributed by atoms with Crippen LogP contribution in [-0.2, 0) is 20.7 Å².